The van der Waals surface area contributed by atoms with E-state index in [-0.39, 0.29) is 22.9 Å². The first-order chi connectivity index (χ1) is 8.65. The van der Waals surface area contributed by atoms with E-state index in [4.69, 9.17) is 9.05 Å². The topological polar surface area (TPSA) is 64.2 Å². The molecule has 1 heterocycles. The van der Waals surface area contributed by atoms with Crippen molar-refractivity contribution in [1.82, 2.24) is 9.97 Å². The zero-order chi connectivity index (χ0) is 13.4. The minimum absolute atomic E-state index is 0. The van der Waals surface area contributed by atoms with Gasteiger partial charge in [-0.15, -0.1) is 23.6 Å². The van der Waals surface area contributed by atoms with Crippen LogP contribution in [-0.2, 0) is 13.6 Å². The van der Waals surface area contributed by atoms with Crippen LogP contribution in [0, 0.1) is 0 Å². The van der Waals surface area contributed by atoms with Crippen LogP contribution in [0.4, 0.5) is 0 Å². The van der Waals surface area contributed by atoms with Crippen LogP contribution in [0.1, 0.15) is 32.0 Å². The van der Waals surface area contributed by atoms with Gasteiger partial charge in [-0.3, -0.25) is 4.57 Å². The van der Waals surface area contributed by atoms with Gasteiger partial charge in [-0.2, -0.15) is 0 Å². The van der Waals surface area contributed by atoms with Gasteiger partial charge in [-0.1, -0.05) is 6.08 Å². The fourth-order valence-corrected chi connectivity index (χ4v) is 3.42. The first kappa shape index (κ1) is 18.6. The Morgan fingerprint density at radius 1 is 1.47 bits per heavy atom. The van der Waals surface area contributed by atoms with E-state index in [0.717, 1.165) is 5.82 Å². The summed E-state index contributed by atoms with van der Waals surface area (Å²) in [6, 6.07) is 0. The Kier molecular flexibility index (Phi) is 9.27. The maximum absolute atomic E-state index is 12.3. The SMILES string of the molecule is Br.C=CC(CCP(=O)(OCC)OCC)c1ncc[nH]1. The van der Waals surface area contributed by atoms with E-state index in [0.29, 0.717) is 25.8 Å². The molecule has 7 heteroatoms. The zero-order valence-electron chi connectivity index (χ0n) is 11.4. The van der Waals surface area contributed by atoms with Crippen LogP contribution in [0.15, 0.2) is 25.0 Å². The van der Waals surface area contributed by atoms with Crippen LogP contribution in [0.5, 0.6) is 0 Å². The maximum atomic E-state index is 12.3. The smallest absolute Gasteiger partial charge is 0.330 e. The molecule has 1 unspecified atom stereocenters. The normalized spacial score (nSPS) is 12.7. The first-order valence-electron chi connectivity index (χ1n) is 6.15. The highest BCUT2D eigenvalue weighted by atomic mass is 79.9. The lowest BCUT2D eigenvalue weighted by atomic mass is 10.1. The molecule has 0 amide bonds. The number of rotatable bonds is 9. The van der Waals surface area contributed by atoms with Gasteiger partial charge in [0.15, 0.2) is 0 Å². The summed E-state index contributed by atoms with van der Waals surface area (Å²) in [5, 5.41) is 0. The van der Waals surface area contributed by atoms with E-state index in [1.807, 2.05) is 13.8 Å². The summed E-state index contributed by atoms with van der Waals surface area (Å²) >= 11 is 0. The summed E-state index contributed by atoms with van der Waals surface area (Å²) in [7, 11) is -2.98. The Morgan fingerprint density at radius 2 is 2.11 bits per heavy atom. The Hall–Kier alpha value is -0.420. The molecular weight excluding hydrogens is 331 g/mol. The number of H-pyrrole nitrogens is 1. The lowest BCUT2D eigenvalue weighted by Crippen LogP contribution is -2.05. The lowest BCUT2D eigenvalue weighted by molar-refractivity contribution is 0.219. The van der Waals surface area contributed by atoms with Crippen molar-refractivity contribution in [1.29, 1.82) is 0 Å². The van der Waals surface area contributed by atoms with Crippen molar-refractivity contribution in [2.45, 2.75) is 26.2 Å². The quantitative estimate of drug-likeness (QED) is 0.540. The number of nitrogens with zero attached hydrogens (tertiary/aromatic N) is 1. The number of hydrogen-bond donors (Lipinski definition) is 1. The van der Waals surface area contributed by atoms with Crippen LogP contribution in [0.25, 0.3) is 0 Å². The number of allylic oxidation sites excluding steroid dienone is 1. The highest BCUT2D eigenvalue weighted by Gasteiger charge is 2.25. The van der Waals surface area contributed by atoms with Gasteiger partial charge in [-0.25, -0.2) is 4.98 Å². The van der Waals surface area contributed by atoms with Crippen LogP contribution >= 0.6 is 24.6 Å². The van der Waals surface area contributed by atoms with E-state index in [2.05, 4.69) is 16.5 Å². The van der Waals surface area contributed by atoms with Crippen molar-refractivity contribution in [3.05, 3.63) is 30.9 Å². The number of imidazole rings is 1. The molecule has 1 atom stereocenters. The third kappa shape index (κ3) is 6.04. The Labute approximate surface area is 125 Å². The van der Waals surface area contributed by atoms with Gasteiger partial charge in [0, 0.05) is 18.3 Å². The summed E-state index contributed by atoms with van der Waals surface area (Å²) in [4.78, 5) is 7.22. The van der Waals surface area contributed by atoms with Gasteiger partial charge in [0.05, 0.1) is 19.4 Å². The number of aromatic amines is 1. The summed E-state index contributed by atoms with van der Waals surface area (Å²) in [5.41, 5.74) is 0. The minimum Gasteiger partial charge on any atom is -0.348 e. The molecule has 0 aliphatic rings. The molecule has 1 rings (SSSR count). The molecule has 110 valence electrons. The number of nitrogens with one attached hydrogen (secondary N) is 1. The third-order valence-corrected chi connectivity index (χ3v) is 4.63. The summed E-state index contributed by atoms with van der Waals surface area (Å²) in [6.07, 6.45) is 6.24. The average molecular weight is 353 g/mol. The second-order valence-corrected chi connectivity index (χ2v) is 5.96. The van der Waals surface area contributed by atoms with Gasteiger partial charge in [-0.05, 0) is 20.3 Å². The molecule has 0 aliphatic heterocycles. The van der Waals surface area contributed by atoms with E-state index in [1.54, 1.807) is 18.5 Å². The van der Waals surface area contributed by atoms with E-state index >= 15 is 0 Å². The second kappa shape index (κ2) is 9.48. The zero-order valence-corrected chi connectivity index (χ0v) is 14.0. The predicted octanol–water partition coefficient (Wildman–Crippen LogP) is 3.91. The molecule has 0 radical (unpaired) electrons. The molecule has 0 aliphatic carbocycles. The van der Waals surface area contributed by atoms with Crippen molar-refractivity contribution in [2.75, 3.05) is 19.4 Å². The van der Waals surface area contributed by atoms with Gasteiger partial charge in [0.25, 0.3) is 0 Å². The van der Waals surface area contributed by atoms with Gasteiger partial charge in [0.1, 0.15) is 5.82 Å². The highest BCUT2D eigenvalue weighted by molar-refractivity contribution is 8.93. The van der Waals surface area contributed by atoms with E-state index in [9.17, 15) is 4.57 Å². The van der Waals surface area contributed by atoms with Crippen molar-refractivity contribution in [3.63, 3.8) is 0 Å². The fraction of sp³-hybridized carbons (Fsp3) is 0.583. The molecule has 1 N–H and O–H groups in total. The third-order valence-electron chi connectivity index (χ3n) is 2.52. The van der Waals surface area contributed by atoms with E-state index < -0.39 is 7.60 Å². The van der Waals surface area contributed by atoms with Gasteiger partial charge in [0.2, 0.25) is 0 Å². The first-order valence-corrected chi connectivity index (χ1v) is 7.88. The molecule has 1 aromatic rings. The Morgan fingerprint density at radius 3 is 2.53 bits per heavy atom. The fourth-order valence-electron chi connectivity index (χ4n) is 1.70. The van der Waals surface area contributed by atoms with Crippen LogP contribution in [0.2, 0.25) is 0 Å². The molecular formula is C12H22BrN2O3P. The molecule has 0 saturated carbocycles. The second-order valence-electron chi connectivity index (χ2n) is 3.78. The van der Waals surface area contributed by atoms with Crippen LogP contribution < -0.4 is 0 Å². The number of aromatic nitrogens is 2. The van der Waals surface area contributed by atoms with Crippen molar-refractivity contribution in [3.8, 4) is 0 Å². The minimum atomic E-state index is -2.98. The van der Waals surface area contributed by atoms with Gasteiger partial charge >= 0.3 is 7.60 Å². The molecule has 5 nitrogen and oxygen atoms in total. The highest BCUT2D eigenvalue weighted by Crippen LogP contribution is 2.49. The molecule has 0 spiro atoms. The summed E-state index contributed by atoms with van der Waals surface area (Å²) in [5.74, 6) is 0.860. The van der Waals surface area contributed by atoms with Crippen molar-refractivity contribution in [2.24, 2.45) is 0 Å². The summed E-state index contributed by atoms with van der Waals surface area (Å²) < 4.78 is 22.8. The molecule has 0 saturated heterocycles. The predicted molar refractivity (Wildman–Crippen MR) is 82.2 cm³/mol. The molecule has 1 aromatic heterocycles. The molecule has 0 fully saturated rings. The van der Waals surface area contributed by atoms with E-state index in [1.165, 1.54) is 0 Å². The van der Waals surface area contributed by atoms with Crippen LogP contribution in [0.3, 0.4) is 0 Å². The largest absolute Gasteiger partial charge is 0.348 e. The van der Waals surface area contributed by atoms with Gasteiger partial charge < -0.3 is 14.0 Å². The number of hydrogen-bond acceptors (Lipinski definition) is 4. The van der Waals surface area contributed by atoms with Crippen LogP contribution in [-0.4, -0.2) is 29.3 Å². The lowest BCUT2D eigenvalue weighted by Gasteiger charge is -2.18. The summed E-state index contributed by atoms with van der Waals surface area (Å²) in [6.45, 7) is 8.17. The standard InChI is InChI=1S/C12H21N2O3P.BrH/c1-4-11(12-13-8-9-14-12)7-10-18(15,16-5-2)17-6-3;/h4,8-9,11H,1,5-7,10H2,2-3H3,(H,13,14);1H. The van der Waals surface area contributed by atoms with Crippen molar-refractivity contribution < 1.29 is 13.6 Å². The maximum Gasteiger partial charge on any atom is 0.330 e. The number of halogens is 1. The molecule has 19 heavy (non-hydrogen) atoms. The molecule has 0 aromatic carbocycles. The monoisotopic (exact) mass is 352 g/mol. The Balaban J connectivity index is 0.00000324. The Bertz CT molecular complexity index is 388. The average Bonchev–Trinajstić information content (AvgIpc) is 2.84. The molecule has 0 bridgehead atoms. The van der Waals surface area contributed by atoms with Crippen molar-refractivity contribution >= 4 is 24.6 Å².